The van der Waals surface area contributed by atoms with E-state index in [1.165, 1.54) is 16.7 Å². The van der Waals surface area contributed by atoms with Gasteiger partial charge in [-0.3, -0.25) is 10.1 Å². The minimum Gasteiger partial charge on any atom is -0.258 e. The predicted octanol–water partition coefficient (Wildman–Crippen LogP) is 4.89. The molecule has 0 fully saturated rings. The fourth-order valence-electron chi connectivity index (χ4n) is 2.34. The summed E-state index contributed by atoms with van der Waals surface area (Å²) in [5.74, 6) is 0. The number of nitrogens with zero attached hydrogens (tertiary/aromatic N) is 1. The van der Waals surface area contributed by atoms with Crippen LogP contribution in [-0.4, -0.2) is 4.92 Å². The number of nitro benzene ring substituents is 1. The maximum Gasteiger partial charge on any atom is 0.272 e. The highest BCUT2D eigenvalue weighted by molar-refractivity contribution is 9.09. The molecule has 20 heavy (non-hydrogen) atoms. The third-order valence-corrected chi connectivity index (χ3v) is 4.17. The zero-order valence-corrected chi connectivity index (χ0v) is 13.1. The molecule has 3 nitrogen and oxygen atoms in total. The number of benzene rings is 2. The summed E-state index contributed by atoms with van der Waals surface area (Å²) in [5, 5.41) is 11.0. The molecule has 0 aliphatic carbocycles. The second-order valence-electron chi connectivity index (χ2n) is 4.92. The van der Waals surface area contributed by atoms with Gasteiger partial charge in [0.15, 0.2) is 0 Å². The summed E-state index contributed by atoms with van der Waals surface area (Å²) in [6.07, 6.45) is 0.598. The number of aryl methyl sites for hydroxylation is 2. The van der Waals surface area contributed by atoms with Gasteiger partial charge in [0, 0.05) is 16.5 Å². The number of alkyl halides is 1. The monoisotopic (exact) mass is 333 g/mol. The molecule has 0 aromatic heterocycles. The molecule has 0 amide bonds. The average Bonchev–Trinajstić information content (AvgIpc) is 2.38. The fraction of sp³-hybridized carbons (Fsp3) is 0.250. The standard InChI is InChI=1S/C16H16BrNO2/c1-11-7-8-14(12(2)9-11)15(17)10-13-5-3-4-6-16(13)18(19)20/h3-9,15H,10H2,1-2H3. The molecule has 0 radical (unpaired) electrons. The van der Waals surface area contributed by atoms with Crippen molar-refractivity contribution in [3.63, 3.8) is 0 Å². The van der Waals surface area contributed by atoms with E-state index < -0.39 is 0 Å². The quantitative estimate of drug-likeness (QED) is 0.454. The van der Waals surface area contributed by atoms with Crippen LogP contribution in [0.4, 0.5) is 5.69 Å². The summed E-state index contributed by atoms with van der Waals surface area (Å²) in [6.45, 7) is 4.12. The molecule has 0 bridgehead atoms. The van der Waals surface area contributed by atoms with Crippen LogP contribution in [0.25, 0.3) is 0 Å². The SMILES string of the molecule is Cc1ccc(C(Br)Cc2ccccc2[N+](=O)[O-])c(C)c1. The van der Waals surface area contributed by atoms with E-state index in [0.717, 1.165) is 5.56 Å². The summed E-state index contributed by atoms with van der Waals surface area (Å²) in [7, 11) is 0. The van der Waals surface area contributed by atoms with Gasteiger partial charge in [0.1, 0.15) is 0 Å². The van der Waals surface area contributed by atoms with E-state index in [4.69, 9.17) is 0 Å². The summed E-state index contributed by atoms with van der Waals surface area (Å²) in [4.78, 5) is 10.8. The molecular weight excluding hydrogens is 318 g/mol. The van der Waals surface area contributed by atoms with Crippen molar-refractivity contribution in [2.45, 2.75) is 25.1 Å². The van der Waals surface area contributed by atoms with Gasteiger partial charge in [-0.15, -0.1) is 0 Å². The second kappa shape index (κ2) is 6.18. The van der Waals surface area contributed by atoms with E-state index in [1.54, 1.807) is 12.1 Å². The Labute approximate surface area is 126 Å². The maximum atomic E-state index is 11.0. The van der Waals surface area contributed by atoms with Gasteiger partial charge >= 0.3 is 0 Å². The lowest BCUT2D eigenvalue weighted by Gasteiger charge is -2.14. The third-order valence-electron chi connectivity index (χ3n) is 3.35. The van der Waals surface area contributed by atoms with Gasteiger partial charge in [0.25, 0.3) is 5.69 Å². The lowest BCUT2D eigenvalue weighted by atomic mass is 9.98. The van der Waals surface area contributed by atoms with Gasteiger partial charge in [-0.2, -0.15) is 0 Å². The predicted molar refractivity (Wildman–Crippen MR) is 84.4 cm³/mol. The smallest absolute Gasteiger partial charge is 0.258 e. The van der Waals surface area contributed by atoms with Gasteiger partial charge in [-0.05, 0) is 31.4 Å². The molecule has 1 atom stereocenters. The van der Waals surface area contributed by atoms with E-state index in [9.17, 15) is 10.1 Å². The van der Waals surface area contributed by atoms with Crippen molar-refractivity contribution in [2.24, 2.45) is 0 Å². The molecule has 0 heterocycles. The molecule has 0 saturated heterocycles. The normalized spacial score (nSPS) is 12.2. The Bertz CT molecular complexity index is 640. The number of nitro groups is 1. The van der Waals surface area contributed by atoms with Crippen LogP contribution in [-0.2, 0) is 6.42 Å². The summed E-state index contributed by atoms with van der Waals surface area (Å²) < 4.78 is 0. The van der Waals surface area contributed by atoms with Crippen molar-refractivity contribution >= 4 is 21.6 Å². The second-order valence-corrected chi connectivity index (χ2v) is 6.02. The van der Waals surface area contributed by atoms with Gasteiger partial charge in [-0.25, -0.2) is 0 Å². The minimum absolute atomic E-state index is 0.0733. The molecule has 2 aromatic carbocycles. The molecule has 2 aromatic rings. The highest BCUT2D eigenvalue weighted by Gasteiger charge is 2.18. The van der Waals surface area contributed by atoms with Crippen LogP contribution in [0.15, 0.2) is 42.5 Å². The summed E-state index contributed by atoms with van der Waals surface area (Å²) in [5.41, 5.74) is 4.52. The molecule has 1 unspecified atom stereocenters. The number of hydrogen-bond acceptors (Lipinski definition) is 2. The van der Waals surface area contributed by atoms with Crippen LogP contribution in [0.3, 0.4) is 0 Å². The average molecular weight is 334 g/mol. The Hall–Kier alpha value is -1.68. The number of rotatable bonds is 4. The van der Waals surface area contributed by atoms with E-state index >= 15 is 0 Å². The van der Waals surface area contributed by atoms with Crippen molar-refractivity contribution in [3.8, 4) is 0 Å². The Morgan fingerprint density at radius 2 is 1.90 bits per heavy atom. The summed E-state index contributed by atoms with van der Waals surface area (Å²) >= 11 is 3.66. The van der Waals surface area contributed by atoms with E-state index in [-0.39, 0.29) is 15.4 Å². The zero-order chi connectivity index (χ0) is 14.7. The first-order valence-electron chi connectivity index (χ1n) is 6.42. The number of hydrogen-bond donors (Lipinski definition) is 0. The fourth-order valence-corrected chi connectivity index (χ4v) is 3.20. The molecular formula is C16H16BrNO2. The lowest BCUT2D eigenvalue weighted by Crippen LogP contribution is -2.01. The van der Waals surface area contributed by atoms with Gasteiger partial charge < -0.3 is 0 Å². The Balaban J connectivity index is 2.28. The molecule has 0 aliphatic heterocycles. The number of para-hydroxylation sites is 1. The third kappa shape index (κ3) is 3.25. The first kappa shape index (κ1) is 14.7. The number of halogens is 1. The topological polar surface area (TPSA) is 43.1 Å². The van der Waals surface area contributed by atoms with Crippen LogP contribution in [0.2, 0.25) is 0 Å². The van der Waals surface area contributed by atoms with Gasteiger partial charge in [-0.1, -0.05) is 57.9 Å². The van der Waals surface area contributed by atoms with Crippen molar-refractivity contribution in [1.29, 1.82) is 0 Å². The molecule has 0 N–H and O–H groups in total. The van der Waals surface area contributed by atoms with Crippen molar-refractivity contribution in [1.82, 2.24) is 0 Å². The van der Waals surface area contributed by atoms with Crippen molar-refractivity contribution in [3.05, 3.63) is 74.8 Å². The van der Waals surface area contributed by atoms with E-state index in [2.05, 4.69) is 48.0 Å². The van der Waals surface area contributed by atoms with E-state index in [0.29, 0.717) is 6.42 Å². The maximum absolute atomic E-state index is 11.0. The molecule has 104 valence electrons. The van der Waals surface area contributed by atoms with Crippen LogP contribution in [0, 0.1) is 24.0 Å². The lowest BCUT2D eigenvalue weighted by molar-refractivity contribution is -0.385. The largest absolute Gasteiger partial charge is 0.272 e. The first-order chi connectivity index (χ1) is 9.49. The highest BCUT2D eigenvalue weighted by atomic mass is 79.9. The minimum atomic E-state index is -0.322. The highest BCUT2D eigenvalue weighted by Crippen LogP contribution is 2.32. The van der Waals surface area contributed by atoms with Crippen molar-refractivity contribution in [2.75, 3.05) is 0 Å². The molecule has 0 spiro atoms. The summed E-state index contributed by atoms with van der Waals surface area (Å²) in [6, 6.07) is 13.2. The van der Waals surface area contributed by atoms with Crippen LogP contribution in [0.5, 0.6) is 0 Å². The molecule has 2 rings (SSSR count). The molecule has 0 saturated carbocycles. The van der Waals surface area contributed by atoms with Crippen molar-refractivity contribution < 1.29 is 4.92 Å². The molecule has 4 heteroatoms. The Morgan fingerprint density at radius 1 is 1.20 bits per heavy atom. The Morgan fingerprint density at radius 3 is 2.55 bits per heavy atom. The Kier molecular flexibility index (Phi) is 4.55. The van der Waals surface area contributed by atoms with Gasteiger partial charge in [0.05, 0.1) is 4.92 Å². The first-order valence-corrected chi connectivity index (χ1v) is 7.34. The van der Waals surface area contributed by atoms with Gasteiger partial charge in [0.2, 0.25) is 0 Å². The van der Waals surface area contributed by atoms with Crippen LogP contribution >= 0.6 is 15.9 Å². The molecule has 0 aliphatic rings. The van der Waals surface area contributed by atoms with Crippen LogP contribution < -0.4 is 0 Å². The zero-order valence-electron chi connectivity index (χ0n) is 11.5. The van der Waals surface area contributed by atoms with Crippen LogP contribution in [0.1, 0.15) is 27.1 Å². The van der Waals surface area contributed by atoms with E-state index in [1.807, 2.05) is 12.1 Å².